The predicted molar refractivity (Wildman–Crippen MR) is 94.6 cm³/mol. The van der Waals surface area contributed by atoms with Crippen LogP contribution in [0.15, 0.2) is 53.4 Å². The average Bonchev–Trinajstić information content (AvgIpc) is 2.53. The predicted octanol–water partition coefficient (Wildman–Crippen LogP) is 3.78. The minimum absolute atomic E-state index is 0.0735. The number of Topliss-reactive ketones (excluding diaryl/α,β-unsaturated/α-hetero) is 1. The minimum atomic E-state index is -3.82. The lowest BCUT2D eigenvalue weighted by Crippen LogP contribution is -2.24. The molecule has 0 amide bonds. The van der Waals surface area contributed by atoms with Gasteiger partial charge in [-0.15, -0.1) is 0 Å². The summed E-state index contributed by atoms with van der Waals surface area (Å²) in [5.41, 5.74) is 1.12. The molecule has 1 atom stereocenters. The van der Waals surface area contributed by atoms with Crippen LogP contribution < -0.4 is 4.72 Å². The number of hydrogen-bond donors (Lipinski definition) is 1. The smallest absolute Gasteiger partial charge is 0.242 e. The van der Waals surface area contributed by atoms with Crippen molar-refractivity contribution < 1.29 is 13.2 Å². The second kappa shape index (κ2) is 7.57. The fraction of sp³-hybridized carbons (Fsp3) is 0.188. The number of ketones is 1. The normalized spacial score (nSPS) is 12.8. The second-order valence-electron chi connectivity index (χ2n) is 4.94. The quantitative estimate of drug-likeness (QED) is 0.576. The first-order valence-corrected chi connectivity index (χ1v) is 9.60. The van der Waals surface area contributed by atoms with Crippen LogP contribution in [-0.2, 0) is 16.6 Å². The molecule has 23 heavy (non-hydrogen) atoms. The van der Waals surface area contributed by atoms with Crippen LogP contribution in [-0.4, -0.2) is 19.0 Å². The molecule has 2 aromatic rings. The van der Waals surface area contributed by atoms with E-state index in [4.69, 9.17) is 11.6 Å². The van der Waals surface area contributed by atoms with Crippen LogP contribution in [0, 0.1) is 0 Å². The number of carbonyl (C=O) groups excluding carboxylic acids is 1. The van der Waals surface area contributed by atoms with Crippen molar-refractivity contribution in [2.45, 2.75) is 23.2 Å². The zero-order chi connectivity index (χ0) is 17.0. The molecule has 0 aliphatic rings. The summed E-state index contributed by atoms with van der Waals surface area (Å²) in [4.78, 5) is 11.5. The molecule has 0 aliphatic carbocycles. The van der Waals surface area contributed by atoms with Gasteiger partial charge in [-0.3, -0.25) is 4.79 Å². The summed E-state index contributed by atoms with van der Waals surface area (Å²) in [6.07, 6.45) is 0. The van der Waals surface area contributed by atoms with Crippen molar-refractivity contribution in [3.63, 3.8) is 0 Å². The summed E-state index contributed by atoms with van der Waals surface area (Å²) in [6.45, 7) is 1.82. The highest BCUT2D eigenvalue weighted by Gasteiger charge is 2.21. The van der Waals surface area contributed by atoms with Crippen LogP contribution in [0.25, 0.3) is 0 Å². The summed E-state index contributed by atoms with van der Waals surface area (Å²) in [5, 5.41) is 0.0735. The number of alkyl halides is 1. The van der Waals surface area contributed by atoms with Gasteiger partial charge in [-0.25, -0.2) is 13.1 Å². The van der Waals surface area contributed by atoms with Crippen LogP contribution in [0.3, 0.4) is 0 Å². The second-order valence-corrected chi connectivity index (χ2v) is 8.45. The molecule has 1 unspecified atom stereocenters. The maximum atomic E-state index is 12.5. The molecule has 2 rings (SSSR count). The molecule has 0 aromatic heterocycles. The van der Waals surface area contributed by atoms with Crippen molar-refractivity contribution in [3.05, 3.63) is 64.7 Å². The monoisotopic (exact) mass is 415 g/mol. The number of sulfonamides is 1. The van der Waals surface area contributed by atoms with Gasteiger partial charge >= 0.3 is 0 Å². The zero-order valence-corrected chi connectivity index (χ0v) is 15.5. The molecule has 0 saturated carbocycles. The Hall–Kier alpha value is -1.21. The largest absolute Gasteiger partial charge is 0.293 e. The fourth-order valence-corrected chi connectivity index (χ4v) is 3.75. The standard InChI is InChI=1S/C16H15BrClNO3S/c1-11(17)16(20)13-7-8-14(18)15(9-13)23(21,22)19-10-12-5-3-2-4-6-12/h2-9,11,19H,10H2,1H3. The fourth-order valence-electron chi connectivity index (χ4n) is 1.94. The van der Waals surface area contributed by atoms with Gasteiger partial charge in [-0.1, -0.05) is 57.9 Å². The average molecular weight is 417 g/mol. The Balaban J connectivity index is 2.28. The summed E-state index contributed by atoms with van der Waals surface area (Å²) < 4.78 is 27.4. The van der Waals surface area contributed by atoms with Gasteiger partial charge in [0.25, 0.3) is 0 Å². The van der Waals surface area contributed by atoms with E-state index in [0.717, 1.165) is 5.56 Å². The molecule has 0 radical (unpaired) electrons. The van der Waals surface area contributed by atoms with Gasteiger partial charge in [0.1, 0.15) is 4.90 Å². The Kier molecular flexibility index (Phi) is 5.97. The zero-order valence-electron chi connectivity index (χ0n) is 12.3. The topological polar surface area (TPSA) is 63.2 Å². The third kappa shape index (κ3) is 4.64. The van der Waals surface area contributed by atoms with Crippen LogP contribution >= 0.6 is 27.5 Å². The molecule has 2 aromatic carbocycles. The van der Waals surface area contributed by atoms with Crippen molar-refractivity contribution in [2.75, 3.05) is 0 Å². The Morgan fingerprint density at radius 3 is 2.48 bits per heavy atom. The molecular formula is C16H15BrClNO3S. The third-order valence-electron chi connectivity index (χ3n) is 3.18. The van der Waals surface area contributed by atoms with E-state index in [1.807, 2.05) is 30.3 Å². The third-order valence-corrected chi connectivity index (χ3v) is 5.47. The molecule has 0 bridgehead atoms. The maximum absolute atomic E-state index is 12.5. The number of nitrogens with one attached hydrogen (secondary N) is 1. The van der Waals surface area contributed by atoms with Crippen molar-refractivity contribution >= 4 is 43.3 Å². The van der Waals surface area contributed by atoms with E-state index in [1.165, 1.54) is 18.2 Å². The number of rotatable bonds is 6. The lowest BCUT2D eigenvalue weighted by Gasteiger charge is -2.10. The first kappa shape index (κ1) is 18.1. The van der Waals surface area contributed by atoms with Crippen LogP contribution in [0.2, 0.25) is 5.02 Å². The molecule has 1 N–H and O–H groups in total. The maximum Gasteiger partial charge on any atom is 0.242 e. The van der Waals surface area contributed by atoms with Gasteiger partial charge < -0.3 is 0 Å². The van der Waals surface area contributed by atoms with Crippen LogP contribution in [0.1, 0.15) is 22.8 Å². The van der Waals surface area contributed by atoms with E-state index in [-0.39, 0.29) is 22.2 Å². The van der Waals surface area contributed by atoms with Gasteiger partial charge in [0, 0.05) is 12.1 Å². The molecule has 0 heterocycles. The van der Waals surface area contributed by atoms with Crippen LogP contribution in [0.5, 0.6) is 0 Å². The summed E-state index contributed by atoms with van der Waals surface area (Å²) in [7, 11) is -3.82. The highest BCUT2D eigenvalue weighted by atomic mass is 79.9. The van der Waals surface area contributed by atoms with Crippen molar-refractivity contribution in [1.82, 2.24) is 4.72 Å². The lowest BCUT2D eigenvalue weighted by molar-refractivity contribution is 0.0995. The van der Waals surface area contributed by atoms with Gasteiger partial charge in [0.05, 0.1) is 9.85 Å². The Labute approximate surface area is 149 Å². The Morgan fingerprint density at radius 2 is 1.87 bits per heavy atom. The number of benzene rings is 2. The molecule has 4 nitrogen and oxygen atoms in total. The highest BCUT2D eigenvalue weighted by molar-refractivity contribution is 9.10. The van der Waals surface area contributed by atoms with Crippen LogP contribution in [0.4, 0.5) is 0 Å². The van der Waals surface area contributed by atoms with Gasteiger partial charge in [0.2, 0.25) is 10.0 Å². The Bertz CT molecular complexity index is 807. The number of hydrogen-bond acceptors (Lipinski definition) is 3. The van der Waals surface area contributed by atoms with E-state index in [0.29, 0.717) is 5.56 Å². The summed E-state index contributed by atoms with van der Waals surface area (Å²) in [6, 6.07) is 13.4. The van der Waals surface area contributed by atoms with Gasteiger partial charge in [-0.2, -0.15) is 0 Å². The van der Waals surface area contributed by atoms with Gasteiger partial charge in [0.15, 0.2) is 5.78 Å². The molecule has 0 fully saturated rings. The summed E-state index contributed by atoms with van der Waals surface area (Å²) in [5.74, 6) is -0.207. The van der Waals surface area contributed by atoms with E-state index in [1.54, 1.807) is 6.92 Å². The molecule has 7 heteroatoms. The first-order chi connectivity index (χ1) is 10.8. The molecular weight excluding hydrogens is 402 g/mol. The molecule has 0 saturated heterocycles. The molecule has 122 valence electrons. The number of halogens is 2. The van der Waals surface area contributed by atoms with E-state index in [2.05, 4.69) is 20.7 Å². The van der Waals surface area contributed by atoms with Crippen molar-refractivity contribution in [1.29, 1.82) is 0 Å². The van der Waals surface area contributed by atoms with E-state index < -0.39 is 14.9 Å². The molecule has 0 aliphatic heterocycles. The summed E-state index contributed by atoms with van der Waals surface area (Å²) >= 11 is 9.19. The SMILES string of the molecule is CC(Br)C(=O)c1ccc(Cl)c(S(=O)(=O)NCc2ccccc2)c1. The van der Waals surface area contributed by atoms with Crippen molar-refractivity contribution in [3.8, 4) is 0 Å². The first-order valence-electron chi connectivity index (χ1n) is 6.82. The molecule has 0 spiro atoms. The highest BCUT2D eigenvalue weighted by Crippen LogP contribution is 2.24. The Morgan fingerprint density at radius 1 is 1.22 bits per heavy atom. The number of carbonyl (C=O) groups is 1. The lowest BCUT2D eigenvalue weighted by atomic mass is 10.1. The minimum Gasteiger partial charge on any atom is -0.293 e. The van der Waals surface area contributed by atoms with Crippen molar-refractivity contribution in [2.24, 2.45) is 0 Å². The van der Waals surface area contributed by atoms with E-state index in [9.17, 15) is 13.2 Å². The van der Waals surface area contributed by atoms with Gasteiger partial charge in [-0.05, 0) is 30.7 Å². The van der Waals surface area contributed by atoms with E-state index >= 15 is 0 Å².